The van der Waals surface area contributed by atoms with Crippen LogP contribution >= 0.6 is 0 Å². The molecule has 0 spiro atoms. The highest BCUT2D eigenvalue weighted by atomic mass is 16.5. The summed E-state index contributed by atoms with van der Waals surface area (Å²) in [6.07, 6.45) is 0. The maximum atomic E-state index is 12.0. The van der Waals surface area contributed by atoms with Gasteiger partial charge in [-0.2, -0.15) is 0 Å². The first kappa shape index (κ1) is 11.9. The minimum atomic E-state index is -0.704. The molecular weight excluding hydrogens is 216 g/mol. The zero-order chi connectivity index (χ0) is 12.3. The van der Waals surface area contributed by atoms with Crippen LogP contribution < -0.4 is 15.4 Å². The molecule has 1 aliphatic rings. The van der Waals surface area contributed by atoms with Crippen molar-refractivity contribution in [3.8, 4) is 5.75 Å². The van der Waals surface area contributed by atoms with Crippen LogP contribution in [0.2, 0.25) is 0 Å². The normalized spacial score (nSPS) is 24.2. The van der Waals surface area contributed by atoms with Crippen molar-refractivity contribution in [1.29, 1.82) is 0 Å². The fourth-order valence-corrected chi connectivity index (χ4v) is 2.12. The third kappa shape index (κ3) is 2.13. The lowest BCUT2D eigenvalue weighted by Gasteiger charge is -2.35. The quantitative estimate of drug-likeness (QED) is 0.821. The number of para-hydroxylation sites is 1. The Morgan fingerprint density at radius 2 is 2.12 bits per heavy atom. The molecule has 4 nitrogen and oxygen atoms in total. The lowest BCUT2D eigenvalue weighted by Crippen LogP contribution is -2.59. The summed E-state index contributed by atoms with van der Waals surface area (Å²) in [6.45, 7) is 5.86. The Morgan fingerprint density at radius 3 is 2.82 bits per heavy atom. The van der Waals surface area contributed by atoms with Gasteiger partial charge in [-0.1, -0.05) is 18.2 Å². The zero-order valence-electron chi connectivity index (χ0n) is 10.2. The summed E-state index contributed by atoms with van der Waals surface area (Å²) in [6, 6.07) is 7.67. The van der Waals surface area contributed by atoms with Gasteiger partial charge >= 0.3 is 0 Å². The SMILES string of the molecule is CCOc1ccccc1C1(C)NCCNC1=O. The molecule has 0 aliphatic carbocycles. The van der Waals surface area contributed by atoms with Crippen LogP contribution in [0.3, 0.4) is 0 Å². The van der Waals surface area contributed by atoms with Gasteiger partial charge in [0.2, 0.25) is 5.91 Å². The third-order valence-electron chi connectivity index (χ3n) is 3.07. The summed E-state index contributed by atoms with van der Waals surface area (Å²) in [7, 11) is 0. The van der Waals surface area contributed by atoms with Gasteiger partial charge in [0.1, 0.15) is 11.3 Å². The van der Waals surface area contributed by atoms with E-state index in [0.29, 0.717) is 13.2 Å². The van der Waals surface area contributed by atoms with Crippen molar-refractivity contribution < 1.29 is 9.53 Å². The number of hydrogen-bond acceptors (Lipinski definition) is 3. The van der Waals surface area contributed by atoms with E-state index in [1.54, 1.807) is 0 Å². The number of ether oxygens (including phenoxy) is 1. The number of benzene rings is 1. The maximum Gasteiger partial charge on any atom is 0.244 e. The fraction of sp³-hybridized carbons (Fsp3) is 0.462. The van der Waals surface area contributed by atoms with E-state index in [9.17, 15) is 4.79 Å². The fourth-order valence-electron chi connectivity index (χ4n) is 2.12. The van der Waals surface area contributed by atoms with E-state index in [1.165, 1.54) is 0 Å². The minimum Gasteiger partial charge on any atom is -0.494 e. The molecule has 1 heterocycles. The molecule has 17 heavy (non-hydrogen) atoms. The van der Waals surface area contributed by atoms with Gasteiger partial charge in [0.05, 0.1) is 6.61 Å². The number of amides is 1. The van der Waals surface area contributed by atoms with Crippen LogP contribution in [0.15, 0.2) is 24.3 Å². The molecule has 2 rings (SSSR count). The van der Waals surface area contributed by atoms with E-state index in [-0.39, 0.29) is 5.91 Å². The first-order valence-electron chi connectivity index (χ1n) is 5.94. The Labute approximate surface area is 101 Å². The number of hydrogen-bond donors (Lipinski definition) is 2. The van der Waals surface area contributed by atoms with Crippen LogP contribution in [0, 0.1) is 0 Å². The van der Waals surface area contributed by atoms with Crippen LogP contribution in [-0.4, -0.2) is 25.6 Å². The van der Waals surface area contributed by atoms with Crippen LogP contribution in [0.5, 0.6) is 5.75 Å². The monoisotopic (exact) mass is 234 g/mol. The molecule has 92 valence electrons. The summed E-state index contributed by atoms with van der Waals surface area (Å²) < 4.78 is 5.58. The Hall–Kier alpha value is -1.55. The van der Waals surface area contributed by atoms with Crippen LogP contribution in [0.25, 0.3) is 0 Å². The van der Waals surface area contributed by atoms with Gasteiger partial charge in [-0.25, -0.2) is 0 Å². The molecule has 1 saturated heterocycles. The second-order valence-electron chi connectivity index (χ2n) is 4.24. The Bertz CT molecular complexity index is 420. The molecule has 0 bridgehead atoms. The summed E-state index contributed by atoms with van der Waals surface area (Å²) in [5.74, 6) is 0.762. The van der Waals surface area contributed by atoms with Gasteiger partial charge in [-0.05, 0) is 19.9 Å². The van der Waals surface area contributed by atoms with Gasteiger partial charge in [0, 0.05) is 18.7 Å². The maximum absolute atomic E-state index is 12.0. The molecule has 0 aromatic heterocycles. The lowest BCUT2D eigenvalue weighted by atomic mass is 9.88. The zero-order valence-corrected chi connectivity index (χ0v) is 10.2. The summed E-state index contributed by atoms with van der Waals surface area (Å²) >= 11 is 0. The predicted molar refractivity (Wildman–Crippen MR) is 66.0 cm³/mol. The molecule has 1 fully saturated rings. The molecular formula is C13H18N2O2. The van der Waals surface area contributed by atoms with Gasteiger partial charge in [-0.3, -0.25) is 10.1 Å². The molecule has 4 heteroatoms. The van der Waals surface area contributed by atoms with E-state index in [2.05, 4.69) is 10.6 Å². The average molecular weight is 234 g/mol. The Morgan fingerprint density at radius 1 is 1.35 bits per heavy atom. The molecule has 1 atom stereocenters. The van der Waals surface area contributed by atoms with Gasteiger partial charge in [0.25, 0.3) is 0 Å². The van der Waals surface area contributed by atoms with Crippen molar-refractivity contribution in [3.05, 3.63) is 29.8 Å². The van der Waals surface area contributed by atoms with E-state index in [0.717, 1.165) is 17.9 Å². The lowest BCUT2D eigenvalue weighted by molar-refractivity contribution is -0.129. The third-order valence-corrected chi connectivity index (χ3v) is 3.07. The number of carbonyl (C=O) groups excluding carboxylic acids is 1. The predicted octanol–water partition coefficient (Wildman–Crippen LogP) is 1.02. The first-order valence-corrected chi connectivity index (χ1v) is 5.94. The summed E-state index contributed by atoms with van der Waals surface area (Å²) in [4.78, 5) is 12.0. The molecule has 1 aromatic rings. The highest BCUT2D eigenvalue weighted by Crippen LogP contribution is 2.30. The molecule has 1 aromatic carbocycles. The Balaban J connectivity index is 2.40. The topological polar surface area (TPSA) is 50.4 Å². The number of nitrogens with one attached hydrogen (secondary N) is 2. The van der Waals surface area contributed by atoms with E-state index in [1.807, 2.05) is 38.1 Å². The van der Waals surface area contributed by atoms with Crippen molar-refractivity contribution in [3.63, 3.8) is 0 Å². The average Bonchev–Trinajstić information content (AvgIpc) is 2.34. The van der Waals surface area contributed by atoms with E-state index >= 15 is 0 Å². The number of carbonyl (C=O) groups is 1. The van der Waals surface area contributed by atoms with Crippen molar-refractivity contribution in [2.75, 3.05) is 19.7 Å². The number of rotatable bonds is 3. The molecule has 0 radical (unpaired) electrons. The van der Waals surface area contributed by atoms with E-state index in [4.69, 9.17) is 4.74 Å². The Kier molecular flexibility index (Phi) is 3.33. The minimum absolute atomic E-state index is 0.00379. The molecule has 2 N–H and O–H groups in total. The molecule has 1 unspecified atom stereocenters. The van der Waals surface area contributed by atoms with Gasteiger partial charge < -0.3 is 10.1 Å². The first-order chi connectivity index (χ1) is 8.18. The van der Waals surface area contributed by atoms with Crippen molar-refractivity contribution in [2.45, 2.75) is 19.4 Å². The smallest absolute Gasteiger partial charge is 0.244 e. The highest BCUT2D eigenvalue weighted by molar-refractivity contribution is 5.88. The van der Waals surface area contributed by atoms with Gasteiger partial charge in [-0.15, -0.1) is 0 Å². The van der Waals surface area contributed by atoms with E-state index < -0.39 is 5.54 Å². The van der Waals surface area contributed by atoms with Crippen molar-refractivity contribution in [2.24, 2.45) is 0 Å². The van der Waals surface area contributed by atoms with Crippen molar-refractivity contribution >= 4 is 5.91 Å². The summed E-state index contributed by atoms with van der Waals surface area (Å²) in [5.41, 5.74) is 0.184. The standard InChI is InChI=1S/C13H18N2O2/c1-3-17-11-7-5-4-6-10(11)13(2)12(16)14-8-9-15-13/h4-7,15H,3,8-9H2,1-2H3,(H,14,16). The second-order valence-corrected chi connectivity index (χ2v) is 4.24. The van der Waals surface area contributed by atoms with Gasteiger partial charge in [0.15, 0.2) is 0 Å². The van der Waals surface area contributed by atoms with Crippen molar-refractivity contribution in [1.82, 2.24) is 10.6 Å². The van der Waals surface area contributed by atoms with Crippen LogP contribution in [-0.2, 0) is 10.3 Å². The largest absolute Gasteiger partial charge is 0.494 e. The summed E-state index contributed by atoms with van der Waals surface area (Å²) in [5, 5.41) is 6.15. The highest BCUT2D eigenvalue weighted by Gasteiger charge is 2.38. The van der Waals surface area contributed by atoms with Crippen LogP contribution in [0.1, 0.15) is 19.4 Å². The molecule has 0 saturated carbocycles. The number of piperazine rings is 1. The second kappa shape index (κ2) is 4.75. The van der Waals surface area contributed by atoms with Crippen LogP contribution in [0.4, 0.5) is 0 Å². The molecule has 1 aliphatic heterocycles. The molecule has 1 amide bonds.